The van der Waals surface area contributed by atoms with Gasteiger partial charge in [-0.2, -0.15) is 9.78 Å². The molecule has 0 saturated heterocycles. The average molecular weight is 464 g/mol. The van der Waals surface area contributed by atoms with Crippen molar-refractivity contribution in [2.75, 3.05) is 19.5 Å². The Morgan fingerprint density at radius 3 is 2.88 bits per heavy atom. The second-order valence-corrected chi connectivity index (χ2v) is 6.76. The van der Waals surface area contributed by atoms with E-state index in [1.165, 1.54) is 24.1 Å². The third-order valence-corrected chi connectivity index (χ3v) is 4.58. The summed E-state index contributed by atoms with van der Waals surface area (Å²) < 4.78 is 16.6. The predicted molar refractivity (Wildman–Crippen MR) is 120 cm³/mol. The van der Waals surface area contributed by atoms with Crippen LogP contribution in [-0.4, -0.2) is 56.3 Å². The zero-order chi connectivity index (χ0) is 24.1. The quantitative estimate of drug-likeness (QED) is 0.257. The normalized spacial score (nSPS) is 11.0. The predicted octanol–water partition coefficient (Wildman–Crippen LogP) is 1.78. The number of hydrogen-bond acceptors (Lipinski definition) is 11. The number of ether oxygens (including phenoxy) is 2. The molecule has 4 aromatic rings. The van der Waals surface area contributed by atoms with E-state index in [1.54, 1.807) is 36.4 Å². The summed E-state index contributed by atoms with van der Waals surface area (Å²) in [6.45, 7) is 2.33. The van der Waals surface area contributed by atoms with Gasteiger partial charge in [0.2, 0.25) is 11.6 Å². The van der Waals surface area contributed by atoms with Crippen LogP contribution in [0.1, 0.15) is 23.0 Å². The summed E-state index contributed by atoms with van der Waals surface area (Å²) >= 11 is 0. The Bertz CT molecular complexity index is 1350. The van der Waals surface area contributed by atoms with E-state index in [-0.39, 0.29) is 34.5 Å². The molecule has 2 aromatic carbocycles. The minimum atomic E-state index is -0.639. The van der Waals surface area contributed by atoms with Gasteiger partial charge in [0.1, 0.15) is 11.4 Å². The number of benzene rings is 2. The van der Waals surface area contributed by atoms with Crippen LogP contribution in [0, 0.1) is 0 Å². The molecule has 174 valence electrons. The van der Waals surface area contributed by atoms with Crippen molar-refractivity contribution in [2.24, 2.45) is 5.10 Å². The van der Waals surface area contributed by atoms with Crippen LogP contribution < -0.4 is 20.6 Å². The van der Waals surface area contributed by atoms with Crippen molar-refractivity contribution in [1.29, 1.82) is 0 Å². The van der Waals surface area contributed by atoms with E-state index >= 15 is 0 Å². The number of carbonyl (C=O) groups excluding carboxylic acids is 1. The van der Waals surface area contributed by atoms with Crippen molar-refractivity contribution in [3.05, 3.63) is 53.7 Å². The van der Waals surface area contributed by atoms with Crippen LogP contribution in [-0.2, 0) is 0 Å². The van der Waals surface area contributed by atoms with Gasteiger partial charge in [-0.1, -0.05) is 17.3 Å². The summed E-state index contributed by atoms with van der Waals surface area (Å²) in [6, 6.07) is 11.6. The highest BCUT2D eigenvalue weighted by Gasteiger charge is 2.25. The first-order valence-electron chi connectivity index (χ1n) is 9.99. The summed E-state index contributed by atoms with van der Waals surface area (Å²) in [5.74, 6) is 0.250. The molecule has 0 saturated carbocycles. The molecule has 0 aliphatic rings. The molecule has 0 fully saturated rings. The van der Waals surface area contributed by atoms with E-state index in [2.05, 4.69) is 35.8 Å². The van der Waals surface area contributed by atoms with Crippen molar-refractivity contribution < 1.29 is 24.0 Å². The molecule has 0 aliphatic heterocycles. The SMILES string of the molecule is CCOc1cccc(-c2c(C(=O)N/N=C\c3ccc(O)c(OC)c3)nnn2-c2nonc2N)c1. The van der Waals surface area contributed by atoms with Crippen LogP contribution in [0.25, 0.3) is 17.1 Å². The number of hydrogen-bond donors (Lipinski definition) is 3. The van der Waals surface area contributed by atoms with E-state index in [4.69, 9.17) is 15.2 Å². The highest BCUT2D eigenvalue weighted by atomic mass is 16.6. The molecule has 13 heteroatoms. The molecule has 0 unspecified atom stereocenters. The number of aromatic nitrogens is 5. The molecule has 34 heavy (non-hydrogen) atoms. The summed E-state index contributed by atoms with van der Waals surface area (Å²) in [5, 5.41) is 29.0. The van der Waals surface area contributed by atoms with Gasteiger partial charge in [0, 0.05) is 5.56 Å². The van der Waals surface area contributed by atoms with Crippen LogP contribution in [0.2, 0.25) is 0 Å². The van der Waals surface area contributed by atoms with Gasteiger partial charge in [0.05, 0.1) is 19.9 Å². The number of aromatic hydroxyl groups is 1. The summed E-state index contributed by atoms with van der Waals surface area (Å²) in [4.78, 5) is 13.0. The maximum Gasteiger partial charge on any atom is 0.294 e. The third-order valence-electron chi connectivity index (χ3n) is 4.58. The largest absolute Gasteiger partial charge is 0.504 e. The van der Waals surface area contributed by atoms with E-state index in [9.17, 15) is 9.90 Å². The molecule has 0 bridgehead atoms. The third kappa shape index (κ3) is 4.48. The highest BCUT2D eigenvalue weighted by Crippen LogP contribution is 2.29. The number of carbonyl (C=O) groups is 1. The van der Waals surface area contributed by atoms with Gasteiger partial charge in [-0.3, -0.25) is 4.79 Å². The number of amides is 1. The molecular formula is C21H20N8O5. The minimum absolute atomic E-state index is 0.0131. The molecular weight excluding hydrogens is 444 g/mol. The van der Waals surface area contributed by atoms with Crippen LogP contribution >= 0.6 is 0 Å². The van der Waals surface area contributed by atoms with Crippen molar-refractivity contribution in [1.82, 2.24) is 30.7 Å². The van der Waals surface area contributed by atoms with Gasteiger partial charge in [0.25, 0.3) is 5.91 Å². The lowest BCUT2D eigenvalue weighted by atomic mass is 10.1. The fourth-order valence-electron chi connectivity index (χ4n) is 3.07. The molecule has 0 spiro atoms. The number of hydrazone groups is 1. The van der Waals surface area contributed by atoms with E-state index in [0.29, 0.717) is 23.5 Å². The number of nitrogens with two attached hydrogens (primary N) is 1. The van der Waals surface area contributed by atoms with Crippen molar-refractivity contribution >= 4 is 17.9 Å². The number of phenolic OH excluding ortho intramolecular Hbond substituents is 1. The molecule has 2 heterocycles. The van der Waals surface area contributed by atoms with Crippen LogP contribution in [0.15, 0.2) is 52.2 Å². The Morgan fingerprint density at radius 1 is 1.29 bits per heavy atom. The minimum Gasteiger partial charge on any atom is -0.504 e. The first-order valence-corrected chi connectivity index (χ1v) is 9.99. The van der Waals surface area contributed by atoms with Crippen LogP contribution in [0.5, 0.6) is 17.2 Å². The Kier molecular flexibility index (Phi) is 6.34. The van der Waals surface area contributed by atoms with E-state index in [0.717, 1.165) is 0 Å². The standard InChI is InChI=1S/C21H20N8O5/c1-3-33-14-6-4-5-13(10-14)18-17(24-28-29(18)20-19(22)26-34-27-20)21(31)25-23-11-12-7-8-15(30)16(9-12)32-2/h4-11,30H,3H2,1-2H3,(H2,22,26)(H,25,31)/b23-11-. The lowest BCUT2D eigenvalue weighted by Crippen LogP contribution is -2.19. The molecule has 1 amide bonds. The number of nitrogens with one attached hydrogen (secondary N) is 1. The maximum atomic E-state index is 13.0. The molecule has 0 atom stereocenters. The Morgan fingerprint density at radius 2 is 2.15 bits per heavy atom. The molecule has 0 aliphatic carbocycles. The lowest BCUT2D eigenvalue weighted by molar-refractivity contribution is 0.0950. The zero-order valence-electron chi connectivity index (χ0n) is 18.2. The van der Waals surface area contributed by atoms with Crippen molar-refractivity contribution in [3.8, 4) is 34.3 Å². The number of nitrogens with zero attached hydrogens (tertiary/aromatic N) is 6. The van der Waals surface area contributed by atoms with Crippen LogP contribution in [0.3, 0.4) is 0 Å². The van der Waals surface area contributed by atoms with Gasteiger partial charge in [-0.15, -0.1) is 5.10 Å². The monoisotopic (exact) mass is 464 g/mol. The number of rotatable bonds is 8. The summed E-state index contributed by atoms with van der Waals surface area (Å²) in [7, 11) is 1.43. The van der Waals surface area contributed by atoms with Gasteiger partial charge < -0.3 is 20.3 Å². The fourth-order valence-corrected chi connectivity index (χ4v) is 3.07. The number of anilines is 1. The van der Waals surface area contributed by atoms with Crippen molar-refractivity contribution in [3.63, 3.8) is 0 Å². The maximum absolute atomic E-state index is 13.0. The Labute approximate surface area is 192 Å². The Hall–Kier alpha value is -4.94. The molecule has 2 aromatic heterocycles. The first kappa shape index (κ1) is 22.3. The molecule has 0 radical (unpaired) electrons. The molecule has 4 rings (SSSR count). The topological polar surface area (TPSA) is 176 Å². The van der Waals surface area contributed by atoms with Gasteiger partial charge in [-0.25, -0.2) is 10.1 Å². The average Bonchev–Trinajstić information content (AvgIpc) is 3.46. The zero-order valence-corrected chi connectivity index (χ0v) is 18.2. The lowest BCUT2D eigenvalue weighted by Gasteiger charge is -2.08. The highest BCUT2D eigenvalue weighted by molar-refractivity contribution is 5.99. The summed E-state index contributed by atoms with van der Waals surface area (Å²) in [5.41, 5.74) is 9.63. The number of phenols is 1. The fraction of sp³-hybridized carbons (Fsp3) is 0.143. The summed E-state index contributed by atoms with van der Waals surface area (Å²) in [6.07, 6.45) is 1.39. The van der Waals surface area contributed by atoms with Gasteiger partial charge >= 0.3 is 0 Å². The second kappa shape index (κ2) is 9.68. The first-order chi connectivity index (χ1) is 16.5. The molecule has 4 N–H and O–H groups in total. The number of nitrogen functional groups attached to an aromatic ring is 1. The van der Waals surface area contributed by atoms with Gasteiger partial charge in [-0.05, 0) is 53.1 Å². The van der Waals surface area contributed by atoms with Crippen LogP contribution in [0.4, 0.5) is 5.82 Å². The van der Waals surface area contributed by atoms with E-state index in [1.807, 2.05) is 6.92 Å². The smallest absolute Gasteiger partial charge is 0.294 e. The van der Waals surface area contributed by atoms with Gasteiger partial charge in [0.15, 0.2) is 17.2 Å². The molecule has 13 nitrogen and oxygen atoms in total. The van der Waals surface area contributed by atoms with E-state index < -0.39 is 5.91 Å². The second-order valence-electron chi connectivity index (χ2n) is 6.76. The van der Waals surface area contributed by atoms with Crippen molar-refractivity contribution in [2.45, 2.75) is 6.92 Å². The number of methoxy groups -OCH3 is 1. The Balaban J connectivity index is 1.67.